The second-order valence-corrected chi connectivity index (χ2v) is 5.70. The Morgan fingerprint density at radius 3 is 2.71 bits per heavy atom. The van der Waals surface area contributed by atoms with Crippen LogP contribution in [-0.2, 0) is 0 Å². The number of carbonyl (C=O) groups is 1. The highest BCUT2D eigenvalue weighted by atomic mass is 127. The standard InChI is InChI=1S/C12H10ClIN2O/c13-9-6-8(2-3-10(9)14)11(17)16-12(7-15)4-1-5-12/h2-3,6H,1,4-5H2,(H,16,17). The number of hydrogen-bond donors (Lipinski definition) is 1. The highest BCUT2D eigenvalue weighted by Crippen LogP contribution is 2.31. The first-order valence-electron chi connectivity index (χ1n) is 5.25. The number of halogens is 2. The van der Waals surface area contributed by atoms with Gasteiger partial charge in [-0.3, -0.25) is 4.79 Å². The summed E-state index contributed by atoms with van der Waals surface area (Å²) in [6, 6.07) is 7.31. The zero-order valence-corrected chi connectivity index (χ0v) is 11.9. The molecule has 0 saturated heterocycles. The van der Waals surface area contributed by atoms with Crippen LogP contribution in [0.25, 0.3) is 0 Å². The van der Waals surface area contributed by atoms with Crippen molar-refractivity contribution in [2.24, 2.45) is 0 Å². The molecule has 88 valence electrons. The molecule has 3 nitrogen and oxygen atoms in total. The van der Waals surface area contributed by atoms with Crippen molar-refractivity contribution in [1.29, 1.82) is 5.26 Å². The summed E-state index contributed by atoms with van der Waals surface area (Å²) in [5, 5.41) is 12.4. The van der Waals surface area contributed by atoms with Gasteiger partial charge in [-0.1, -0.05) is 11.6 Å². The molecular weight excluding hydrogens is 351 g/mol. The van der Waals surface area contributed by atoms with Crippen LogP contribution in [0, 0.1) is 14.9 Å². The van der Waals surface area contributed by atoms with Gasteiger partial charge in [0.2, 0.25) is 0 Å². The summed E-state index contributed by atoms with van der Waals surface area (Å²) in [7, 11) is 0. The van der Waals surface area contributed by atoms with Crippen molar-refractivity contribution in [3.05, 3.63) is 32.4 Å². The Morgan fingerprint density at radius 2 is 2.24 bits per heavy atom. The summed E-state index contributed by atoms with van der Waals surface area (Å²) in [4.78, 5) is 12.0. The van der Waals surface area contributed by atoms with Crippen LogP contribution in [0.3, 0.4) is 0 Å². The molecule has 5 heteroatoms. The molecule has 2 rings (SSSR count). The van der Waals surface area contributed by atoms with Gasteiger partial charge in [-0.2, -0.15) is 5.26 Å². The van der Waals surface area contributed by atoms with Crippen LogP contribution in [0.4, 0.5) is 0 Å². The van der Waals surface area contributed by atoms with Crippen molar-refractivity contribution in [1.82, 2.24) is 5.32 Å². The van der Waals surface area contributed by atoms with E-state index < -0.39 is 5.54 Å². The third-order valence-electron chi connectivity index (χ3n) is 2.96. The zero-order valence-electron chi connectivity index (χ0n) is 8.96. The fraction of sp³-hybridized carbons (Fsp3) is 0.333. The van der Waals surface area contributed by atoms with Crippen molar-refractivity contribution >= 4 is 40.1 Å². The fourth-order valence-corrected chi connectivity index (χ4v) is 2.24. The number of amides is 1. The lowest BCUT2D eigenvalue weighted by atomic mass is 9.78. The SMILES string of the molecule is N#CC1(NC(=O)c2ccc(I)c(Cl)c2)CCC1. The average molecular weight is 361 g/mol. The zero-order chi connectivity index (χ0) is 12.5. The second-order valence-electron chi connectivity index (χ2n) is 4.13. The lowest BCUT2D eigenvalue weighted by molar-refractivity contribution is 0.0881. The van der Waals surface area contributed by atoms with Gasteiger partial charge in [-0.25, -0.2) is 0 Å². The van der Waals surface area contributed by atoms with Gasteiger partial charge < -0.3 is 5.32 Å². The van der Waals surface area contributed by atoms with Crippen molar-refractivity contribution in [2.75, 3.05) is 0 Å². The molecule has 1 fully saturated rings. The van der Waals surface area contributed by atoms with Crippen LogP contribution < -0.4 is 5.32 Å². The number of benzene rings is 1. The van der Waals surface area contributed by atoms with Gasteiger partial charge in [0, 0.05) is 9.13 Å². The van der Waals surface area contributed by atoms with E-state index in [1.54, 1.807) is 18.2 Å². The maximum absolute atomic E-state index is 12.0. The molecule has 1 N–H and O–H groups in total. The van der Waals surface area contributed by atoms with E-state index in [0.29, 0.717) is 10.6 Å². The minimum absolute atomic E-state index is 0.232. The van der Waals surface area contributed by atoms with Crippen molar-refractivity contribution < 1.29 is 4.79 Å². The van der Waals surface area contributed by atoms with E-state index >= 15 is 0 Å². The largest absolute Gasteiger partial charge is 0.334 e. The van der Waals surface area contributed by atoms with Crippen molar-refractivity contribution in [3.63, 3.8) is 0 Å². The molecule has 1 aromatic rings. The molecule has 0 aromatic heterocycles. The summed E-state index contributed by atoms with van der Waals surface area (Å²) in [6.07, 6.45) is 2.45. The van der Waals surface area contributed by atoms with E-state index in [0.717, 1.165) is 22.8 Å². The molecule has 17 heavy (non-hydrogen) atoms. The molecular formula is C12H10ClIN2O. The fourth-order valence-electron chi connectivity index (χ4n) is 1.72. The molecule has 0 spiro atoms. The topological polar surface area (TPSA) is 52.9 Å². The van der Waals surface area contributed by atoms with Gasteiger partial charge in [0.15, 0.2) is 0 Å². The lowest BCUT2D eigenvalue weighted by Crippen LogP contribution is -2.52. The molecule has 0 aliphatic heterocycles. The van der Waals surface area contributed by atoms with Gasteiger partial charge in [-0.05, 0) is 60.1 Å². The Morgan fingerprint density at radius 1 is 1.53 bits per heavy atom. The van der Waals surface area contributed by atoms with Gasteiger partial charge in [-0.15, -0.1) is 0 Å². The normalized spacial score (nSPS) is 16.8. The number of carbonyl (C=O) groups excluding carboxylic acids is 1. The van der Waals surface area contributed by atoms with Crippen LogP contribution in [0.15, 0.2) is 18.2 Å². The van der Waals surface area contributed by atoms with E-state index in [1.165, 1.54) is 0 Å². The third-order valence-corrected chi connectivity index (χ3v) is 4.53. The monoisotopic (exact) mass is 360 g/mol. The predicted molar refractivity (Wildman–Crippen MR) is 73.8 cm³/mol. The van der Waals surface area contributed by atoms with Gasteiger partial charge in [0.1, 0.15) is 5.54 Å². The number of nitrogens with zero attached hydrogens (tertiary/aromatic N) is 1. The summed E-state index contributed by atoms with van der Waals surface area (Å²) in [5.74, 6) is -0.232. The Labute approximate surface area is 118 Å². The first-order valence-corrected chi connectivity index (χ1v) is 6.71. The average Bonchev–Trinajstić information content (AvgIpc) is 2.27. The molecule has 0 radical (unpaired) electrons. The van der Waals surface area contributed by atoms with Gasteiger partial charge in [0.25, 0.3) is 5.91 Å². The molecule has 0 heterocycles. The first kappa shape index (κ1) is 12.7. The Hall–Kier alpha value is -0.800. The van der Waals surface area contributed by atoms with Crippen LogP contribution in [0.1, 0.15) is 29.6 Å². The third kappa shape index (κ3) is 2.55. The Bertz CT molecular complexity index is 506. The molecule has 0 atom stereocenters. The van der Waals surface area contributed by atoms with Crippen molar-refractivity contribution in [3.8, 4) is 6.07 Å². The van der Waals surface area contributed by atoms with Gasteiger partial charge in [0.05, 0.1) is 11.1 Å². The summed E-state index contributed by atoms with van der Waals surface area (Å²) >= 11 is 8.06. The smallest absolute Gasteiger partial charge is 0.252 e. The van der Waals surface area contributed by atoms with E-state index in [2.05, 4.69) is 34.0 Å². The predicted octanol–water partition coefficient (Wildman–Crippen LogP) is 3.12. The second kappa shape index (κ2) is 4.83. The molecule has 1 aromatic carbocycles. The van der Waals surface area contributed by atoms with E-state index in [9.17, 15) is 4.79 Å². The lowest BCUT2D eigenvalue weighted by Gasteiger charge is -2.35. The van der Waals surface area contributed by atoms with Crippen LogP contribution in [-0.4, -0.2) is 11.4 Å². The first-order chi connectivity index (χ1) is 8.06. The number of nitriles is 1. The number of nitrogens with one attached hydrogen (secondary N) is 1. The maximum Gasteiger partial charge on any atom is 0.252 e. The Balaban J connectivity index is 2.15. The highest BCUT2D eigenvalue weighted by Gasteiger charge is 2.38. The molecule has 1 amide bonds. The van der Waals surface area contributed by atoms with Crippen LogP contribution in [0.2, 0.25) is 5.02 Å². The van der Waals surface area contributed by atoms with Crippen molar-refractivity contribution in [2.45, 2.75) is 24.8 Å². The van der Waals surface area contributed by atoms with E-state index in [-0.39, 0.29) is 5.91 Å². The minimum Gasteiger partial charge on any atom is -0.334 e. The summed E-state index contributed by atoms with van der Waals surface area (Å²) < 4.78 is 0.902. The summed E-state index contributed by atoms with van der Waals surface area (Å²) in [6.45, 7) is 0. The molecule has 1 aliphatic carbocycles. The van der Waals surface area contributed by atoms with Crippen LogP contribution in [0.5, 0.6) is 0 Å². The molecule has 1 saturated carbocycles. The molecule has 0 unspecified atom stereocenters. The molecule has 0 bridgehead atoms. The molecule has 1 aliphatic rings. The summed E-state index contributed by atoms with van der Waals surface area (Å²) in [5.41, 5.74) is -0.163. The van der Waals surface area contributed by atoms with Crippen LogP contribution >= 0.6 is 34.2 Å². The van der Waals surface area contributed by atoms with E-state index in [1.807, 2.05) is 0 Å². The number of rotatable bonds is 2. The van der Waals surface area contributed by atoms with E-state index in [4.69, 9.17) is 16.9 Å². The maximum atomic E-state index is 12.0. The Kier molecular flexibility index (Phi) is 3.59. The quantitative estimate of drug-likeness (QED) is 0.824. The minimum atomic E-state index is -0.660. The van der Waals surface area contributed by atoms with Gasteiger partial charge >= 0.3 is 0 Å². The number of hydrogen-bond acceptors (Lipinski definition) is 2. The highest BCUT2D eigenvalue weighted by molar-refractivity contribution is 14.1.